The van der Waals surface area contributed by atoms with Crippen molar-refractivity contribution >= 4 is 23.1 Å². The van der Waals surface area contributed by atoms with Crippen LogP contribution in [0.3, 0.4) is 0 Å². The molecule has 0 bridgehead atoms. The van der Waals surface area contributed by atoms with Crippen LogP contribution in [0.15, 0.2) is 109 Å². The van der Waals surface area contributed by atoms with Gasteiger partial charge in [0.15, 0.2) is 0 Å². The van der Waals surface area contributed by atoms with Crippen molar-refractivity contribution in [2.45, 2.75) is 32.6 Å². The molecule has 1 heterocycles. The molecule has 1 aliphatic heterocycles. The molecule has 0 saturated heterocycles. The number of rotatable bonds is 3. The van der Waals surface area contributed by atoms with Gasteiger partial charge in [-0.15, -0.1) is 0 Å². The topological polar surface area (TPSA) is 0 Å². The van der Waals surface area contributed by atoms with E-state index in [1.54, 1.807) is 0 Å². The molecule has 7 rings (SSSR count). The van der Waals surface area contributed by atoms with E-state index in [2.05, 4.69) is 123 Å². The summed E-state index contributed by atoms with van der Waals surface area (Å²) in [5.74, 6) is 0.480. The minimum absolute atomic E-state index is 0.284. The van der Waals surface area contributed by atoms with Gasteiger partial charge in [0.2, 0.25) is 6.71 Å². The average Bonchev–Trinajstić information content (AvgIpc) is 3.23. The van der Waals surface area contributed by atoms with E-state index in [4.69, 9.17) is 0 Å². The first-order valence-corrected chi connectivity index (χ1v) is 13.1. The van der Waals surface area contributed by atoms with Crippen molar-refractivity contribution in [2.75, 3.05) is 0 Å². The normalized spacial score (nSPS) is 15.2. The molecule has 1 unspecified atom stereocenters. The maximum absolute atomic E-state index is 2.55. The minimum Gasteiger partial charge on any atom is -0.0686 e. The van der Waals surface area contributed by atoms with Crippen LogP contribution in [0.1, 0.15) is 33.7 Å². The zero-order chi connectivity index (χ0) is 24.2. The quantitative estimate of drug-likeness (QED) is 0.270. The maximum atomic E-state index is 2.55. The Kier molecular flexibility index (Phi) is 4.99. The predicted molar refractivity (Wildman–Crippen MR) is 154 cm³/mol. The summed E-state index contributed by atoms with van der Waals surface area (Å²) >= 11 is 0. The third kappa shape index (κ3) is 3.46. The molecule has 5 aromatic rings. The van der Waals surface area contributed by atoms with E-state index in [1.165, 1.54) is 66.5 Å². The SMILES string of the molecule is Cc1ccc(CC2Cc3ccccc3-c3cc4c(cc32)-c2ccccc2B4c2ccc(C)cc2)cc1. The van der Waals surface area contributed by atoms with E-state index in [-0.39, 0.29) is 6.71 Å². The van der Waals surface area contributed by atoms with Crippen LogP contribution >= 0.6 is 0 Å². The fraction of sp³-hybridized carbons (Fsp3) is 0.143. The molecule has 2 aliphatic rings. The van der Waals surface area contributed by atoms with Gasteiger partial charge in [0.1, 0.15) is 0 Å². The molecule has 0 nitrogen and oxygen atoms in total. The Balaban J connectivity index is 1.43. The lowest BCUT2D eigenvalue weighted by atomic mass is 9.38. The lowest BCUT2D eigenvalue weighted by molar-refractivity contribution is 0.673. The summed E-state index contributed by atoms with van der Waals surface area (Å²) in [5, 5.41) is 0. The Morgan fingerprint density at radius 3 is 2.06 bits per heavy atom. The third-order valence-electron chi connectivity index (χ3n) is 8.32. The second-order valence-electron chi connectivity index (χ2n) is 10.7. The number of hydrogen-bond acceptors (Lipinski definition) is 0. The number of hydrogen-bond donors (Lipinski definition) is 0. The number of aryl methyl sites for hydroxylation is 2. The Morgan fingerprint density at radius 2 is 1.28 bits per heavy atom. The zero-order valence-corrected chi connectivity index (χ0v) is 21.0. The van der Waals surface area contributed by atoms with Gasteiger partial charge in [-0.3, -0.25) is 0 Å². The number of benzene rings is 5. The molecule has 0 N–H and O–H groups in total. The van der Waals surface area contributed by atoms with Crippen LogP contribution in [0.2, 0.25) is 0 Å². The van der Waals surface area contributed by atoms with Crippen LogP contribution in [0.25, 0.3) is 22.3 Å². The average molecular weight is 460 g/mol. The summed E-state index contributed by atoms with van der Waals surface area (Å²) in [5.41, 5.74) is 17.0. The van der Waals surface area contributed by atoms with Crippen molar-refractivity contribution in [3.8, 4) is 22.3 Å². The molecule has 1 atom stereocenters. The highest BCUT2D eigenvalue weighted by Crippen LogP contribution is 2.43. The minimum atomic E-state index is 0.284. The molecule has 0 spiro atoms. The predicted octanol–water partition coefficient (Wildman–Crippen LogP) is 6.35. The van der Waals surface area contributed by atoms with E-state index in [0.29, 0.717) is 5.92 Å². The Bertz CT molecular complexity index is 1590. The van der Waals surface area contributed by atoms with Crippen molar-refractivity contribution in [1.29, 1.82) is 0 Å². The van der Waals surface area contributed by atoms with Gasteiger partial charge in [0.05, 0.1) is 0 Å². The lowest BCUT2D eigenvalue weighted by Gasteiger charge is -2.29. The maximum Gasteiger partial charge on any atom is 0.242 e. The molecule has 1 aliphatic carbocycles. The molecule has 0 fully saturated rings. The molecule has 0 radical (unpaired) electrons. The highest BCUT2D eigenvalue weighted by molar-refractivity contribution is 6.99. The monoisotopic (exact) mass is 460 g/mol. The fourth-order valence-electron chi connectivity index (χ4n) is 6.48. The molecule has 172 valence electrons. The van der Waals surface area contributed by atoms with Crippen LogP contribution < -0.4 is 16.4 Å². The second-order valence-corrected chi connectivity index (χ2v) is 10.7. The summed E-state index contributed by atoms with van der Waals surface area (Å²) in [6.45, 7) is 4.62. The van der Waals surface area contributed by atoms with Crippen molar-refractivity contribution in [3.05, 3.63) is 137 Å². The number of fused-ring (bicyclic) bond motifs is 6. The second kappa shape index (κ2) is 8.38. The van der Waals surface area contributed by atoms with E-state index in [9.17, 15) is 0 Å². The van der Waals surface area contributed by atoms with Crippen LogP contribution in [0.5, 0.6) is 0 Å². The van der Waals surface area contributed by atoms with Crippen molar-refractivity contribution in [1.82, 2.24) is 0 Å². The van der Waals surface area contributed by atoms with E-state index >= 15 is 0 Å². The molecular weight excluding hydrogens is 431 g/mol. The first-order chi connectivity index (χ1) is 17.7. The van der Waals surface area contributed by atoms with Gasteiger partial charge in [0, 0.05) is 0 Å². The highest BCUT2D eigenvalue weighted by Gasteiger charge is 2.36. The fourth-order valence-corrected chi connectivity index (χ4v) is 6.48. The molecule has 0 saturated carbocycles. The smallest absolute Gasteiger partial charge is 0.0686 e. The van der Waals surface area contributed by atoms with Crippen molar-refractivity contribution < 1.29 is 0 Å². The van der Waals surface area contributed by atoms with E-state index in [1.807, 2.05) is 0 Å². The summed E-state index contributed by atoms with van der Waals surface area (Å²) in [4.78, 5) is 0. The molecule has 36 heavy (non-hydrogen) atoms. The van der Waals surface area contributed by atoms with Crippen LogP contribution in [0.4, 0.5) is 0 Å². The van der Waals surface area contributed by atoms with E-state index < -0.39 is 0 Å². The van der Waals surface area contributed by atoms with Gasteiger partial charge in [-0.2, -0.15) is 0 Å². The standard InChI is InChI=1S/C35H29B/c1-23-11-15-25(16-12-23)19-27-20-26-7-3-4-8-29(26)32-22-35-33(21-31(27)32)30-9-5-6-10-34(30)36(35)28-17-13-24(2)14-18-28/h3-18,21-22,27H,19-20H2,1-2H3. The van der Waals surface area contributed by atoms with Crippen LogP contribution in [0, 0.1) is 13.8 Å². The largest absolute Gasteiger partial charge is 0.242 e. The van der Waals surface area contributed by atoms with Gasteiger partial charge >= 0.3 is 0 Å². The molecule has 0 aromatic heterocycles. The van der Waals surface area contributed by atoms with E-state index in [0.717, 1.165) is 12.8 Å². The third-order valence-corrected chi connectivity index (χ3v) is 8.32. The van der Waals surface area contributed by atoms with Crippen LogP contribution in [-0.4, -0.2) is 6.71 Å². The first-order valence-electron chi connectivity index (χ1n) is 13.1. The van der Waals surface area contributed by atoms with Crippen LogP contribution in [-0.2, 0) is 12.8 Å². The van der Waals surface area contributed by atoms with Gasteiger partial charge in [0.25, 0.3) is 0 Å². The first kappa shape index (κ1) is 21.4. The molecule has 0 amide bonds. The molecular formula is C35H29B. The highest BCUT2D eigenvalue weighted by atomic mass is 14.3. The van der Waals surface area contributed by atoms with Gasteiger partial charge < -0.3 is 0 Å². The van der Waals surface area contributed by atoms with Gasteiger partial charge in [-0.25, -0.2) is 0 Å². The van der Waals surface area contributed by atoms with Gasteiger partial charge in [-0.1, -0.05) is 137 Å². The molecule has 5 aromatic carbocycles. The van der Waals surface area contributed by atoms with Crippen molar-refractivity contribution in [3.63, 3.8) is 0 Å². The Morgan fingerprint density at radius 1 is 0.611 bits per heavy atom. The van der Waals surface area contributed by atoms with Crippen molar-refractivity contribution in [2.24, 2.45) is 0 Å². The van der Waals surface area contributed by atoms with Gasteiger partial charge in [-0.05, 0) is 71.6 Å². The summed E-state index contributed by atoms with van der Waals surface area (Å²) in [6.07, 6.45) is 2.17. The summed E-state index contributed by atoms with van der Waals surface area (Å²) in [7, 11) is 0. The zero-order valence-electron chi connectivity index (χ0n) is 21.0. The Hall–Kier alpha value is -3.84. The molecule has 1 heteroatoms. The lowest BCUT2D eigenvalue weighted by Crippen LogP contribution is -2.49. The summed E-state index contributed by atoms with van der Waals surface area (Å²) < 4.78 is 0. The summed E-state index contributed by atoms with van der Waals surface area (Å²) in [6, 6.07) is 41.4. The Labute approximate surface area is 214 Å².